The molecule has 12 heteroatoms. The Kier molecular flexibility index (Phi) is 12.5. The van der Waals surface area contributed by atoms with Gasteiger partial charge in [0, 0.05) is 0 Å². The van der Waals surface area contributed by atoms with Crippen LogP contribution in [0.1, 0.15) is 0 Å². The van der Waals surface area contributed by atoms with Crippen molar-refractivity contribution in [3.63, 3.8) is 0 Å². The van der Waals surface area contributed by atoms with E-state index in [1.807, 2.05) is 0 Å². The largest absolute Gasteiger partial charge is 0.412 e. The molecule has 12 N–H and O–H groups in total. The van der Waals surface area contributed by atoms with Gasteiger partial charge in [0.15, 0.2) is 0 Å². The van der Waals surface area contributed by atoms with Gasteiger partial charge in [0.1, 0.15) is 11.8 Å². The summed E-state index contributed by atoms with van der Waals surface area (Å²) in [7, 11) is 0. The summed E-state index contributed by atoms with van der Waals surface area (Å²) in [6.45, 7) is 0.256. The minimum atomic E-state index is -0.670. The molecule has 3 atom stereocenters. The molecule has 2 amide bonds. The number of hydrazone groups is 1. The Bertz CT molecular complexity index is 270. The summed E-state index contributed by atoms with van der Waals surface area (Å²) in [6, 6.07) is -0.448. The van der Waals surface area contributed by atoms with E-state index in [-0.39, 0.29) is 29.9 Å². The van der Waals surface area contributed by atoms with Crippen LogP contribution < -0.4 is 27.9 Å². The number of piperazine rings is 1. The molecule has 10 nitrogen and oxygen atoms in total. The smallest absolute Gasteiger partial charge is 0.324 e. The first-order chi connectivity index (χ1) is 7.06. The van der Waals surface area contributed by atoms with E-state index in [1.165, 1.54) is 4.90 Å². The van der Waals surface area contributed by atoms with Crippen LogP contribution in [0.15, 0.2) is 5.10 Å². The molecule has 1 aliphatic heterocycles. The van der Waals surface area contributed by atoms with Gasteiger partial charge in [0.25, 0.3) is 0 Å². The van der Waals surface area contributed by atoms with Gasteiger partial charge in [-0.25, -0.2) is 4.79 Å². The Hall–Kier alpha value is -0.880. The molecule has 1 saturated heterocycles. The summed E-state index contributed by atoms with van der Waals surface area (Å²) in [6.07, 6.45) is 0.0805. The summed E-state index contributed by atoms with van der Waals surface area (Å²) in [5.74, 6) is 4.84. The molecule has 1 heterocycles. The quantitative estimate of drug-likeness (QED) is 0.0831. The molecule has 1 rings (SSSR count). The van der Waals surface area contributed by atoms with Gasteiger partial charge in [0.05, 0.1) is 18.9 Å². The average molecular weight is 308 g/mol. The second-order valence-electron chi connectivity index (χ2n) is 3.05. The number of carbonyl (C=O) groups is 1. The molecular weight excluding hydrogens is 289 g/mol. The average Bonchev–Trinajstić information content (AvgIpc) is 2.19. The van der Waals surface area contributed by atoms with E-state index in [4.69, 9.17) is 28.9 Å². The van der Waals surface area contributed by atoms with Crippen molar-refractivity contribution in [3.8, 4) is 0 Å². The number of halogens is 2. The van der Waals surface area contributed by atoms with Crippen LogP contribution in [0.3, 0.4) is 0 Å². The van der Waals surface area contributed by atoms with Crippen molar-refractivity contribution in [1.29, 1.82) is 0 Å². The highest BCUT2D eigenvalue weighted by atomic mass is 35.5. The topological polar surface area (TPSA) is 198 Å². The molecule has 0 bridgehead atoms. The highest BCUT2D eigenvalue weighted by Crippen LogP contribution is 2.12. The van der Waals surface area contributed by atoms with Crippen LogP contribution >= 0.6 is 24.0 Å². The molecular formula is C6H19Cl2N7O3. The Labute approximate surface area is 115 Å². The zero-order chi connectivity index (χ0) is 11.4. The first kappa shape index (κ1) is 22.3. The zero-order valence-corrected chi connectivity index (χ0v) is 10.9. The van der Waals surface area contributed by atoms with Gasteiger partial charge < -0.3 is 33.2 Å². The third-order valence-electron chi connectivity index (χ3n) is 1.92. The van der Waals surface area contributed by atoms with Crippen LogP contribution in [0.2, 0.25) is 0 Å². The molecule has 18 heavy (non-hydrogen) atoms. The summed E-state index contributed by atoms with van der Waals surface area (Å²) in [5, 5.41) is 8.26. The van der Waals surface area contributed by atoms with Gasteiger partial charge in [-0.15, -0.1) is 12.4 Å². The first-order valence-corrected chi connectivity index (χ1v) is 4.70. The number of nitrogens with one attached hydrogen (secondary N) is 2. The fraction of sp³-hybridized carbons (Fsp3) is 0.667. The molecule has 0 aromatic carbocycles. The Balaban J connectivity index is -0.000000750. The highest BCUT2D eigenvalue weighted by Gasteiger charge is 2.33. The van der Waals surface area contributed by atoms with E-state index in [2.05, 4.69) is 15.7 Å². The first-order valence-electron chi connectivity index (χ1n) is 4.26. The van der Waals surface area contributed by atoms with Crippen molar-refractivity contribution in [2.45, 2.75) is 17.8 Å². The molecule has 1 fully saturated rings. The summed E-state index contributed by atoms with van der Waals surface area (Å²) in [5.41, 5.74) is 10.6. The van der Waals surface area contributed by atoms with E-state index in [0.29, 0.717) is 0 Å². The second kappa shape index (κ2) is 10.1. The van der Waals surface area contributed by atoms with Crippen LogP contribution in [0.4, 0.5) is 4.79 Å². The van der Waals surface area contributed by atoms with Gasteiger partial charge in [-0.3, -0.25) is 10.6 Å². The molecule has 1 aliphatic rings. The SMILES string of the molecule is Cl.NN=CNC(=O)N1CC(N)NC(N)C1Cl.O.O. The number of carbonyl (C=O) groups excluding carboxylic acids is 1. The van der Waals surface area contributed by atoms with Crippen molar-refractivity contribution in [2.75, 3.05) is 6.54 Å². The normalized spacial score (nSPS) is 26.6. The molecule has 3 unspecified atom stereocenters. The molecule has 0 saturated carbocycles. The number of amides is 2. The standard InChI is InChI=1S/C6H14ClN7O.ClH.2H2O/c7-4-5(9)13-3(8)1-14(4)6(15)11-2-12-10;;;/h2-5,13H,1,8-10H2,(H,11,12,15);1H;2*1H2. The predicted molar refractivity (Wildman–Crippen MR) is 71.1 cm³/mol. The fourth-order valence-corrected chi connectivity index (χ4v) is 1.50. The minimum absolute atomic E-state index is 0. The third kappa shape index (κ3) is 5.64. The lowest BCUT2D eigenvalue weighted by Crippen LogP contribution is -2.68. The fourth-order valence-electron chi connectivity index (χ4n) is 1.26. The molecule has 0 spiro atoms. The number of alkyl halides is 1. The number of hydrogen-bond donors (Lipinski definition) is 5. The van der Waals surface area contributed by atoms with E-state index in [1.54, 1.807) is 0 Å². The third-order valence-corrected chi connectivity index (χ3v) is 2.42. The van der Waals surface area contributed by atoms with Crippen molar-refractivity contribution in [2.24, 2.45) is 22.4 Å². The summed E-state index contributed by atoms with van der Waals surface area (Å²) in [4.78, 5) is 12.8. The molecule has 0 radical (unpaired) electrons. The number of rotatable bonds is 1. The number of hydrogen-bond acceptors (Lipinski definition) is 6. The number of nitrogens with zero attached hydrogens (tertiary/aromatic N) is 2. The van der Waals surface area contributed by atoms with Crippen molar-refractivity contribution >= 4 is 36.4 Å². The second-order valence-corrected chi connectivity index (χ2v) is 3.50. The number of urea groups is 1. The maximum atomic E-state index is 11.5. The van der Waals surface area contributed by atoms with Crippen LogP contribution in [0, 0.1) is 0 Å². The Morgan fingerprint density at radius 1 is 1.50 bits per heavy atom. The van der Waals surface area contributed by atoms with Crippen LogP contribution in [-0.4, -0.2) is 52.6 Å². The lowest BCUT2D eigenvalue weighted by molar-refractivity contribution is 0.149. The van der Waals surface area contributed by atoms with Gasteiger partial charge in [0.2, 0.25) is 0 Å². The summed E-state index contributed by atoms with van der Waals surface area (Å²) >= 11 is 5.92. The van der Waals surface area contributed by atoms with Crippen molar-refractivity contribution < 1.29 is 15.7 Å². The Morgan fingerprint density at radius 3 is 2.56 bits per heavy atom. The van der Waals surface area contributed by atoms with Crippen molar-refractivity contribution in [3.05, 3.63) is 0 Å². The predicted octanol–water partition coefficient (Wildman–Crippen LogP) is -3.59. The lowest BCUT2D eigenvalue weighted by atomic mass is 10.3. The zero-order valence-electron chi connectivity index (χ0n) is 9.34. The van der Waals surface area contributed by atoms with Gasteiger partial charge in [-0.1, -0.05) is 11.6 Å². The lowest BCUT2D eigenvalue weighted by Gasteiger charge is -2.39. The Morgan fingerprint density at radius 2 is 2.06 bits per heavy atom. The van der Waals surface area contributed by atoms with Crippen LogP contribution in [-0.2, 0) is 0 Å². The molecule has 0 aliphatic carbocycles. The number of nitrogens with two attached hydrogens (primary N) is 3. The van der Waals surface area contributed by atoms with Crippen molar-refractivity contribution in [1.82, 2.24) is 15.5 Å². The van der Waals surface area contributed by atoms with Crippen LogP contribution in [0.25, 0.3) is 0 Å². The van der Waals surface area contributed by atoms with Crippen LogP contribution in [0.5, 0.6) is 0 Å². The molecule has 0 aromatic heterocycles. The van der Waals surface area contributed by atoms with E-state index in [9.17, 15) is 4.79 Å². The maximum Gasteiger partial charge on any atom is 0.324 e. The van der Waals surface area contributed by atoms with Gasteiger partial charge in [-0.2, -0.15) is 5.10 Å². The summed E-state index contributed by atoms with van der Waals surface area (Å²) < 4.78 is 0. The van der Waals surface area contributed by atoms with E-state index >= 15 is 0 Å². The van der Waals surface area contributed by atoms with E-state index < -0.39 is 23.9 Å². The molecule has 110 valence electrons. The monoisotopic (exact) mass is 307 g/mol. The minimum Gasteiger partial charge on any atom is -0.412 e. The molecule has 0 aromatic rings. The highest BCUT2D eigenvalue weighted by molar-refractivity contribution is 6.21. The van der Waals surface area contributed by atoms with E-state index in [0.717, 1.165) is 6.34 Å². The van der Waals surface area contributed by atoms with Gasteiger partial charge in [-0.05, 0) is 0 Å². The van der Waals surface area contributed by atoms with Gasteiger partial charge >= 0.3 is 6.03 Å². The maximum absolute atomic E-state index is 11.5.